The molecule has 4 saturated carbocycles. The summed E-state index contributed by atoms with van der Waals surface area (Å²) in [6, 6.07) is 0. The van der Waals surface area contributed by atoms with Crippen LogP contribution in [0.25, 0.3) is 0 Å². The molecule has 2 N–H and O–H groups in total. The van der Waals surface area contributed by atoms with Gasteiger partial charge < -0.3 is 10.2 Å². The van der Waals surface area contributed by atoms with Gasteiger partial charge in [-0.2, -0.15) is 0 Å². The van der Waals surface area contributed by atoms with Crippen LogP contribution in [0.5, 0.6) is 0 Å². The number of carbonyl (C=O) groups excluding carboxylic acids is 1. The summed E-state index contributed by atoms with van der Waals surface area (Å²) in [7, 11) is 0. The number of hydrogen-bond donors (Lipinski definition) is 2. The average Bonchev–Trinajstić information content (AvgIpc) is 3.07. The van der Waals surface area contributed by atoms with Crippen molar-refractivity contribution < 1.29 is 15.0 Å². The van der Waals surface area contributed by atoms with E-state index in [-0.39, 0.29) is 10.8 Å². The van der Waals surface area contributed by atoms with Gasteiger partial charge in [0, 0.05) is 11.8 Å². The third-order valence-electron chi connectivity index (χ3n) is 12.2. The normalized spacial score (nSPS) is 45.7. The highest BCUT2D eigenvalue weighted by atomic mass is 16.3. The van der Waals surface area contributed by atoms with Crippen molar-refractivity contribution in [3.05, 3.63) is 12.2 Å². The maximum atomic E-state index is 12.8. The fourth-order valence-electron chi connectivity index (χ4n) is 9.89. The molecule has 0 aromatic heterocycles. The van der Waals surface area contributed by atoms with Crippen molar-refractivity contribution in [2.24, 2.45) is 45.3 Å². The Hall–Kier alpha value is -0.670. The molecule has 0 bridgehead atoms. The van der Waals surface area contributed by atoms with Crippen molar-refractivity contribution in [2.75, 3.05) is 0 Å². The summed E-state index contributed by atoms with van der Waals surface area (Å²) in [6.07, 6.45) is 9.99. The minimum Gasteiger partial charge on any atom is -0.390 e. The van der Waals surface area contributed by atoms with Crippen LogP contribution in [0.3, 0.4) is 0 Å². The van der Waals surface area contributed by atoms with E-state index in [0.717, 1.165) is 19.3 Å². The zero-order chi connectivity index (χ0) is 24.6. The third kappa shape index (κ3) is 3.62. The predicted molar refractivity (Wildman–Crippen MR) is 135 cm³/mol. The van der Waals surface area contributed by atoms with E-state index in [4.69, 9.17) is 0 Å². The Kier molecular flexibility index (Phi) is 6.10. The molecule has 8 atom stereocenters. The molecule has 33 heavy (non-hydrogen) atoms. The molecule has 0 aliphatic heterocycles. The number of Topliss-reactive ketones (excluding diaryl/α,β-unsaturated/α-hetero) is 1. The van der Waals surface area contributed by atoms with Gasteiger partial charge >= 0.3 is 0 Å². The molecule has 0 aromatic rings. The van der Waals surface area contributed by atoms with E-state index in [1.54, 1.807) is 13.8 Å². The lowest BCUT2D eigenvalue weighted by atomic mass is 9.35. The fraction of sp³-hybridized carbons (Fsp3) is 0.900. The topological polar surface area (TPSA) is 57.5 Å². The number of aliphatic hydroxyl groups excluding tert-OH is 1. The van der Waals surface area contributed by atoms with Gasteiger partial charge in [-0.05, 0) is 112 Å². The first kappa shape index (κ1) is 25.4. The van der Waals surface area contributed by atoms with Crippen LogP contribution in [0.4, 0.5) is 0 Å². The molecule has 4 aliphatic carbocycles. The molecule has 0 spiro atoms. The highest BCUT2D eigenvalue weighted by Gasteiger charge is 2.68. The zero-order valence-electron chi connectivity index (χ0n) is 22.5. The first-order valence-electron chi connectivity index (χ1n) is 13.7. The van der Waals surface area contributed by atoms with Gasteiger partial charge in [-0.1, -0.05) is 46.8 Å². The predicted octanol–water partition coefficient (Wildman–Crippen LogP) is 6.71. The molecule has 0 aromatic carbocycles. The minimum atomic E-state index is -1.06. The van der Waals surface area contributed by atoms with E-state index in [1.807, 2.05) is 0 Å². The fourth-order valence-corrected chi connectivity index (χ4v) is 9.89. The largest absolute Gasteiger partial charge is 0.390 e. The van der Waals surface area contributed by atoms with Crippen molar-refractivity contribution in [1.29, 1.82) is 0 Å². The summed E-state index contributed by atoms with van der Waals surface area (Å²) in [4.78, 5) is 12.8. The number of aliphatic hydroxyl groups is 2. The van der Waals surface area contributed by atoms with E-state index in [1.165, 1.54) is 44.1 Å². The Labute approximate surface area is 202 Å². The highest BCUT2D eigenvalue weighted by molar-refractivity contribution is 5.85. The Morgan fingerprint density at radius 1 is 1.00 bits per heavy atom. The molecular weight excluding hydrogens is 408 g/mol. The number of rotatable bonds is 5. The maximum Gasteiger partial charge on any atom is 0.138 e. The smallest absolute Gasteiger partial charge is 0.138 e. The summed E-state index contributed by atoms with van der Waals surface area (Å²) in [5, 5.41) is 20.5. The quantitative estimate of drug-likeness (QED) is 0.450. The molecule has 4 aliphatic rings. The molecule has 0 saturated heterocycles. The van der Waals surface area contributed by atoms with Crippen molar-refractivity contribution in [1.82, 2.24) is 0 Å². The average molecular weight is 459 g/mol. The summed E-state index contributed by atoms with van der Waals surface area (Å²) in [5.74, 6) is 2.90. The molecule has 4 fully saturated rings. The Bertz CT molecular complexity index is 806. The lowest BCUT2D eigenvalue weighted by Crippen LogP contribution is -2.63. The Morgan fingerprint density at radius 2 is 1.64 bits per heavy atom. The van der Waals surface area contributed by atoms with Crippen LogP contribution >= 0.6 is 0 Å². The van der Waals surface area contributed by atoms with E-state index in [0.29, 0.717) is 46.7 Å². The van der Waals surface area contributed by atoms with Crippen LogP contribution in [0.1, 0.15) is 113 Å². The molecule has 3 nitrogen and oxygen atoms in total. The SMILES string of the molecule is C=C(CC[C@H](O)C(C)(C)O)[C@H]1CC[C@@]2(C)[C@H]1CC[C@@H]1[C@@]3(C)CCC(=O)C(C)(C)[C@@H]3CC[C@]12C. The standard InChI is InChI=1S/C30H50O3/c1-19(9-12-25(32)27(4,5)33)20-13-17-29(7)21(20)10-11-23-28(6)16-15-24(31)26(2,3)22(28)14-18-30(23,29)8/h20-23,25,32-33H,1,9-18H2,2-8H3/t20-,21+,22+,23-,25+,28+,29+,30-/m1/s1. The van der Waals surface area contributed by atoms with Gasteiger partial charge in [-0.25, -0.2) is 0 Å². The van der Waals surface area contributed by atoms with Gasteiger partial charge in [0.05, 0.1) is 11.7 Å². The minimum absolute atomic E-state index is 0.181. The zero-order valence-corrected chi connectivity index (χ0v) is 22.5. The van der Waals surface area contributed by atoms with E-state index in [9.17, 15) is 15.0 Å². The van der Waals surface area contributed by atoms with Crippen molar-refractivity contribution in [2.45, 2.75) is 124 Å². The number of allylic oxidation sites excluding steroid dienone is 1. The van der Waals surface area contributed by atoms with Crippen LogP contribution in [-0.4, -0.2) is 27.7 Å². The Morgan fingerprint density at radius 3 is 2.27 bits per heavy atom. The highest BCUT2D eigenvalue weighted by Crippen LogP contribution is 2.75. The second-order valence-electron chi connectivity index (χ2n) is 14.3. The van der Waals surface area contributed by atoms with Crippen LogP contribution in [0.15, 0.2) is 12.2 Å². The van der Waals surface area contributed by atoms with Crippen molar-refractivity contribution >= 4 is 5.78 Å². The summed E-state index contributed by atoms with van der Waals surface area (Å²) in [6.45, 7) is 20.1. The van der Waals surface area contributed by atoms with Gasteiger partial charge in [0.2, 0.25) is 0 Å². The van der Waals surface area contributed by atoms with E-state index >= 15 is 0 Å². The number of fused-ring (bicyclic) bond motifs is 5. The van der Waals surface area contributed by atoms with E-state index < -0.39 is 11.7 Å². The molecular formula is C30H50O3. The summed E-state index contributed by atoms with van der Waals surface area (Å²) in [5.41, 5.74) is 0.958. The lowest BCUT2D eigenvalue weighted by Gasteiger charge is -2.69. The Balaban J connectivity index is 1.55. The first-order valence-corrected chi connectivity index (χ1v) is 13.7. The maximum absolute atomic E-state index is 12.8. The monoisotopic (exact) mass is 458 g/mol. The second kappa shape index (κ2) is 7.92. The van der Waals surface area contributed by atoms with Crippen LogP contribution in [-0.2, 0) is 4.79 Å². The van der Waals surface area contributed by atoms with Crippen LogP contribution in [0.2, 0.25) is 0 Å². The summed E-state index contributed by atoms with van der Waals surface area (Å²) < 4.78 is 0. The molecule has 4 rings (SSSR count). The molecule has 0 heterocycles. The molecule has 0 amide bonds. The second-order valence-corrected chi connectivity index (χ2v) is 14.3. The van der Waals surface area contributed by atoms with Gasteiger partial charge in [-0.15, -0.1) is 0 Å². The lowest BCUT2D eigenvalue weighted by molar-refractivity contribution is -0.201. The van der Waals surface area contributed by atoms with Crippen LogP contribution in [0, 0.1) is 45.3 Å². The third-order valence-corrected chi connectivity index (χ3v) is 12.2. The van der Waals surface area contributed by atoms with E-state index in [2.05, 4.69) is 41.2 Å². The molecule has 0 radical (unpaired) electrons. The number of hydrogen-bond acceptors (Lipinski definition) is 3. The van der Waals surface area contributed by atoms with Crippen molar-refractivity contribution in [3.63, 3.8) is 0 Å². The van der Waals surface area contributed by atoms with Gasteiger partial charge in [-0.3, -0.25) is 4.79 Å². The van der Waals surface area contributed by atoms with Gasteiger partial charge in [0.1, 0.15) is 5.78 Å². The molecule has 188 valence electrons. The number of carbonyl (C=O) groups is 1. The first-order chi connectivity index (χ1) is 15.1. The molecule has 3 heteroatoms. The van der Waals surface area contributed by atoms with Crippen molar-refractivity contribution in [3.8, 4) is 0 Å². The van der Waals surface area contributed by atoms with Crippen LogP contribution < -0.4 is 0 Å². The summed E-state index contributed by atoms with van der Waals surface area (Å²) >= 11 is 0. The molecule has 0 unspecified atom stereocenters. The number of ketones is 1. The van der Waals surface area contributed by atoms with Gasteiger partial charge in [0.25, 0.3) is 0 Å². The van der Waals surface area contributed by atoms with Gasteiger partial charge in [0.15, 0.2) is 0 Å².